The zero-order valence-corrected chi connectivity index (χ0v) is 25.2. The molecule has 1 saturated heterocycles. The topological polar surface area (TPSA) is 106 Å². The number of hydrogen-bond acceptors (Lipinski definition) is 6. The first-order valence-corrected chi connectivity index (χ1v) is 14.6. The van der Waals surface area contributed by atoms with E-state index in [0.29, 0.717) is 19.5 Å². The number of benzene rings is 2. The molecule has 1 atom stereocenters. The van der Waals surface area contributed by atoms with E-state index in [2.05, 4.69) is 46.1 Å². The van der Waals surface area contributed by atoms with Crippen LogP contribution >= 0.6 is 0 Å². The van der Waals surface area contributed by atoms with Crippen molar-refractivity contribution in [2.75, 3.05) is 23.7 Å². The Morgan fingerprint density at radius 3 is 2.52 bits per heavy atom. The summed E-state index contributed by atoms with van der Waals surface area (Å²) in [6, 6.07) is 10.8. The van der Waals surface area contributed by atoms with Gasteiger partial charge >= 0.3 is 6.09 Å². The Morgan fingerprint density at radius 1 is 1.07 bits per heavy atom. The first-order chi connectivity index (χ1) is 19.9. The predicted molar refractivity (Wildman–Crippen MR) is 164 cm³/mol. The number of likely N-dealkylation sites (tertiary alicyclic amines) is 1. The van der Waals surface area contributed by atoms with Gasteiger partial charge in [0.1, 0.15) is 11.3 Å². The molecule has 2 amide bonds. The standard InChI is InChI=1S/C32H39N7O3/c1-19-13-28(40)35-26-16-22(20-9-11-39(12-10-20)31(41)42-32(2,3)4)15-24(30(26)34-19)21-7-8-27-25(14-21)29(36-38(27)6)23-17-33-37(5)18-23/h7-8,14-20,34H,9-13H2,1-6H3,(H,35,40)/t19-/m1/s1. The maximum Gasteiger partial charge on any atom is 0.410 e. The van der Waals surface area contributed by atoms with Crippen molar-refractivity contribution in [1.82, 2.24) is 24.5 Å². The van der Waals surface area contributed by atoms with Crippen LogP contribution in [0.1, 0.15) is 58.4 Å². The lowest BCUT2D eigenvalue weighted by molar-refractivity contribution is -0.116. The minimum Gasteiger partial charge on any atom is -0.444 e. The lowest BCUT2D eigenvalue weighted by Crippen LogP contribution is -2.41. The summed E-state index contributed by atoms with van der Waals surface area (Å²) >= 11 is 0. The molecular formula is C32H39N7O3. The molecule has 2 N–H and O–H groups in total. The van der Waals surface area contributed by atoms with E-state index in [1.54, 1.807) is 9.58 Å². The maximum atomic E-state index is 12.8. The third-order valence-corrected chi connectivity index (χ3v) is 8.07. The first kappa shape index (κ1) is 27.8. The number of aryl methyl sites for hydroxylation is 2. The molecule has 2 aliphatic heterocycles. The predicted octanol–water partition coefficient (Wildman–Crippen LogP) is 5.90. The summed E-state index contributed by atoms with van der Waals surface area (Å²) < 4.78 is 9.29. The summed E-state index contributed by atoms with van der Waals surface area (Å²) in [5.74, 6) is 0.247. The number of ether oxygens (including phenoxy) is 1. The molecule has 220 valence electrons. The van der Waals surface area contributed by atoms with Gasteiger partial charge < -0.3 is 20.3 Å². The van der Waals surface area contributed by atoms with E-state index in [1.165, 1.54) is 0 Å². The van der Waals surface area contributed by atoms with Crippen LogP contribution in [0.25, 0.3) is 33.3 Å². The van der Waals surface area contributed by atoms with Crippen LogP contribution < -0.4 is 10.6 Å². The van der Waals surface area contributed by atoms with Crippen LogP contribution in [0, 0.1) is 0 Å². The molecule has 10 nitrogen and oxygen atoms in total. The summed E-state index contributed by atoms with van der Waals surface area (Å²) in [4.78, 5) is 27.2. The lowest BCUT2D eigenvalue weighted by atomic mass is 9.86. The van der Waals surface area contributed by atoms with Gasteiger partial charge in [-0.25, -0.2) is 4.79 Å². The molecule has 42 heavy (non-hydrogen) atoms. The number of piperidine rings is 1. The Kier molecular flexibility index (Phi) is 6.95. The van der Waals surface area contributed by atoms with Gasteiger partial charge in [0, 0.05) is 62.4 Å². The highest BCUT2D eigenvalue weighted by Crippen LogP contribution is 2.43. The second-order valence-corrected chi connectivity index (χ2v) is 12.6. The van der Waals surface area contributed by atoms with Crippen LogP contribution in [0.15, 0.2) is 42.7 Å². The van der Waals surface area contributed by atoms with Crippen LogP contribution in [0.3, 0.4) is 0 Å². The quantitative estimate of drug-likeness (QED) is 0.318. The first-order valence-electron chi connectivity index (χ1n) is 14.6. The van der Waals surface area contributed by atoms with Crippen molar-refractivity contribution >= 4 is 34.3 Å². The van der Waals surface area contributed by atoms with Crippen molar-refractivity contribution in [1.29, 1.82) is 0 Å². The average molecular weight is 570 g/mol. The molecule has 2 aromatic heterocycles. The van der Waals surface area contributed by atoms with Crippen molar-refractivity contribution < 1.29 is 14.3 Å². The Morgan fingerprint density at radius 2 is 1.83 bits per heavy atom. The van der Waals surface area contributed by atoms with Crippen LogP contribution in [-0.4, -0.2) is 61.2 Å². The van der Waals surface area contributed by atoms with Crippen LogP contribution in [0.4, 0.5) is 16.2 Å². The van der Waals surface area contributed by atoms with Crippen molar-refractivity contribution in [3.05, 3.63) is 48.3 Å². The number of amides is 2. The minimum atomic E-state index is -0.519. The fraction of sp³-hybridized carbons (Fsp3) is 0.438. The zero-order chi connectivity index (χ0) is 29.8. The summed E-state index contributed by atoms with van der Waals surface area (Å²) in [6.45, 7) is 8.96. The Bertz CT molecular complexity index is 1670. The number of hydrogen-bond donors (Lipinski definition) is 2. The third-order valence-electron chi connectivity index (χ3n) is 8.07. The number of anilines is 2. The molecule has 0 radical (unpaired) electrons. The molecule has 0 aliphatic carbocycles. The molecule has 2 aliphatic rings. The van der Waals surface area contributed by atoms with E-state index in [9.17, 15) is 9.59 Å². The van der Waals surface area contributed by atoms with Gasteiger partial charge in [-0.15, -0.1) is 0 Å². The molecule has 0 bridgehead atoms. The van der Waals surface area contributed by atoms with Crippen molar-refractivity contribution in [2.24, 2.45) is 14.1 Å². The summed E-state index contributed by atoms with van der Waals surface area (Å²) in [7, 11) is 3.86. The van der Waals surface area contributed by atoms with Crippen molar-refractivity contribution in [3.8, 4) is 22.4 Å². The average Bonchev–Trinajstić information content (AvgIpc) is 3.46. The summed E-state index contributed by atoms with van der Waals surface area (Å²) in [6.07, 6.45) is 5.59. The van der Waals surface area contributed by atoms with E-state index < -0.39 is 5.60 Å². The second kappa shape index (κ2) is 10.5. The minimum absolute atomic E-state index is 0.00169. The molecule has 0 unspecified atom stereocenters. The van der Waals surface area contributed by atoms with E-state index in [4.69, 9.17) is 9.84 Å². The zero-order valence-electron chi connectivity index (χ0n) is 25.2. The van der Waals surface area contributed by atoms with Gasteiger partial charge in [-0.05, 0) is 81.8 Å². The fourth-order valence-electron chi connectivity index (χ4n) is 6.07. The highest BCUT2D eigenvalue weighted by molar-refractivity contribution is 6.02. The second-order valence-electron chi connectivity index (χ2n) is 12.6. The molecule has 2 aromatic carbocycles. The Labute approximate surface area is 246 Å². The van der Waals surface area contributed by atoms with Gasteiger partial charge in [-0.2, -0.15) is 10.2 Å². The van der Waals surface area contributed by atoms with Gasteiger partial charge in [-0.3, -0.25) is 14.2 Å². The van der Waals surface area contributed by atoms with Crippen LogP contribution in [-0.2, 0) is 23.6 Å². The molecule has 4 heterocycles. The molecule has 1 fully saturated rings. The monoisotopic (exact) mass is 569 g/mol. The molecule has 10 heteroatoms. The Hall–Kier alpha value is -4.34. The van der Waals surface area contributed by atoms with Crippen LogP contribution in [0.5, 0.6) is 0 Å². The highest BCUT2D eigenvalue weighted by atomic mass is 16.6. The number of nitrogens with zero attached hydrogens (tertiary/aromatic N) is 5. The van der Waals surface area contributed by atoms with Gasteiger partial charge in [-0.1, -0.05) is 6.07 Å². The van der Waals surface area contributed by atoms with Gasteiger partial charge in [0.05, 0.1) is 23.1 Å². The lowest BCUT2D eigenvalue weighted by Gasteiger charge is -2.34. The maximum absolute atomic E-state index is 12.8. The normalized spacial score (nSPS) is 17.9. The van der Waals surface area contributed by atoms with Crippen molar-refractivity contribution in [2.45, 2.75) is 64.5 Å². The van der Waals surface area contributed by atoms with E-state index in [0.717, 1.165) is 63.1 Å². The van der Waals surface area contributed by atoms with E-state index in [1.807, 2.05) is 58.9 Å². The molecular weight excluding hydrogens is 530 g/mol. The van der Waals surface area contributed by atoms with Crippen molar-refractivity contribution in [3.63, 3.8) is 0 Å². The van der Waals surface area contributed by atoms with Crippen LogP contribution in [0.2, 0.25) is 0 Å². The number of carbonyl (C=O) groups excluding carboxylic acids is 2. The van der Waals surface area contributed by atoms with E-state index in [-0.39, 0.29) is 24.0 Å². The van der Waals surface area contributed by atoms with Gasteiger partial charge in [0.15, 0.2) is 0 Å². The number of aromatic nitrogens is 4. The van der Waals surface area contributed by atoms with Gasteiger partial charge in [0.25, 0.3) is 0 Å². The third kappa shape index (κ3) is 5.45. The number of rotatable bonds is 3. The molecule has 6 rings (SSSR count). The summed E-state index contributed by atoms with van der Waals surface area (Å²) in [5.41, 5.74) is 7.31. The molecule has 4 aromatic rings. The number of carbonyl (C=O) groups is 2. The highest BCUT2D eigenvalue weighted by Gasteiger charge is 2.29. The number of fused-ring (bicyclic) bond motifs is 2. The SMILES string of the molecule is C[C@@H]1CC(=O)Nc2cc(C3CCN(C(=O)OC(C)(C)C)CC3)cc(-c3ccc4c(c3)c(-c3cnn(C)c3)nn4C)c2N1. The van der Waals surface area contributed by atoms with E-state index >= 15 is 0 Å². The fourth-order valence-corrected chi connectivity index (χ4v) is 6.07. The molecule has 0 saturated carbocycles. The molecule has 0 spiro atoms. The largest absolute Gasteiger partial charge is 0.444 e. The number of nitrogens with one attached hydrogen (secondary N) is 2. The smallest absolute Gasteiger partial charge is 0.410 e. The Balaban J connectivity index is 1.40. The van der Waals surface area contributed by atoms with Gasteiger partial charge in [0.2, 0.25) is 5.91 Å². The summed E-state index contributed by atoms with van der Waals surface area (Å²) in [5, 5.41) is 17.0.